The molecule has 0 amide bonds. The second-order valence-electron chi connectivity index (χ2n) is 3.83. The van der Waals surface area contributed by atoms with Gasteiger partial charge in [0.2, 0.25) is 0 Å². The molecule has 0 bridgehead atoms. The normalized spacial score (nSPS) is 12.0. The summed E-state index contributed by atoms with van der Waals surface area (Å²) in [6, 6.07) is 0. The van der Waals surface area contributed by atoms with Crippen molar-refractivity contribution < 1.29 is 31.8 Å². The maximum atomic E-state index is 12.4. The summed E-state index contributed by atoms with van der Waals surface area (Å²) < 4.78 is 62.7. The predicted octanol–water partition coefficient (Wildman–Crippen LogP) is 3.37. The Labute approximate surface area is 112 Å². The zero-order valence-electron chi connectivity index (χ0n) is 12.0. The van der Waals surface area contributed by atoms with Gasteiger partial charge in [-0.15, -0.1) is 0 Å². The summed E-state index contributed by atoms with van der Waals surface area (Å²) in [5.74, 6) is -8.37. The van der Waals surface area contributed by atoms with Crippen LogP contribution < -0.4 is 0 Å². The summed E-state index contributed by atoms with van der Waals surface area (Å²) in [6.45, 7) is 3.36. The molecule has 0 aromatic carbocycles. The highest BCUT2D eigenvalue weighted by atomic mass is 19.3. The van der Waals surface area contributed by atoms with Gasteiger partial charge in [-0.3, -0.25) is 0 Å². The van der Waals surface area contributed by atoms with E-state index in [-0.39, 0.29) is 0 Å². The summed E-state index contributed by atoms with van der Waals surface area (Å²) in [7, 11) is 1.85. The number of hydrogen-bond acceptors (Lipinski definition) is 3. The third kappa shape index (κ3) is 10.1. The lowest BCUT2D eigenvalue weighted by Gasteiger charge is -2.24. The molecule has 0 atom stereocenters. The molecule has 0 aliphatic carbocycles. The molecule has 0 heterocycles. The van der Waals surface area contributed by atoms with Gasteiger partial charge >= 0.3 is 11.8 Å². The number of unbranched alkanes of at least 4 members (excludes halogenated alkanes) is 1. The molecule has 0 spiro atoms. The van der Waals surface area contributed by atoms with Gasteiger partial charge in [0.05, 0.1) is 0 Å². The summed E-state index contributed by atoms with van der Waals surface area (Å²) >= 11 is 0. The Morgan fingerprint density at radius 3 is 1.53 bits per heavy atom. The van der Waals surface area contributed by atoms with Crippen molar-refractivity contribution in [1.82, 2.24) is 0 Å². The summed E-state index contributed by atoms with van der Waals surface area (Å²) in [6.07, 6.45) is 2.44. The maximum Gasteiger partial charge on any atom is 0.335 e. The van der Waals surface area contributed by atoms with E-state index in [1.807, 2.05) is 6.92 Å². The van der Waals surface area contributed by atoms with E-state index in [2.05, 4.69) is 16.4 Å². The molecule has 19 heavy (non-hydrogen) atoms. The second-order valence-corrected chi connectivity index (χ2v) is 3.83. The molecule has 0 aromatic rings. The van der Waals surface area contributed by atoms with Crippen LogP contribution in [0.4, 0.5) is 17.6 Å². The highest BCUT2D eigenvalue weighted by Gasteiger charge is 2.56. The molecule has 7 heteroatoms. The van der Waals surface area contributed by atoms with Crippen molar-refractivity contribution in [3.05, 3.63) is 0 Å². The van der Waals surface area contributed by atoms with Crippen LogP contribution in [-0.2, 0) is 14.2 Å². The van der Waals surface area contributed by atoms with Crippen molar-refractivity contribution in [2.45, 2.75) is 38.5 Å². The van der Waals surface area contributed by atoms with E-state index in [1.165, 1.54) is 12.8 Å². The standard InChI is InChI=1S/C6H10F4O2.C6H14O/c1-11-3-5(7,8)6(9,10)4-12-2;1-3-5-6-7-4-2/h3-4H2,1-2H3;3-6H2,1-2H3. The first-order valence-corrected chi connectivity index (χ1v) is 6.10. The van der Waals surface area contributed by atoms with E-state index in [9.17, 15) is 17.6 Å². The van der Waals surface area contributed by atoms with Gasteiger partial charge in [0.25, 0.3) is 0 Å². The first kappa shape index (κ1) is 20.9. The van der Waals surface area contributed by atoms with Gasteiger partial charge in [-0.25, -0.2) is 0 Å². The van der Waals surface area contributed by atoms with Crippen LogP contribution in [0, 0.1) is 0 Å². The van der Waals surface area contributed by atoms with Crippen LogP contribution in [0.2, 0.25) is 0 Å². The highest BCUT2D eigenvalue weighted by molar-refractivity contribution is 4.84. The smallest absolute Gasteiger partial charge is 0.335 e. The zero-order valence-corrected chi connectivity index (χ0v) is 12.0. The number of rotatable bonds is 9. The Kier molecular flexibility index (Phi) is 12.6. The summed E-state index contributed by atoms with van der Waals surface area (Å²) in [5, 5.41) is 0. The third-order valence-electron chi connectivity index (χ3n) is 2.03. The quantitative estimate of drug-likeness (QED) is 0.482. The average molecular weight is 292 g/mol. The van der Waals surface area contributed by atoms with Crippen LogP contribution in [0.15, 0.2) is 0 Å². The molecule has 0 fully saturated rings. The van der Waals surface area contributed by atoms with Crippen molar-refractivity contribution in [1.29, 1.82) is 0 Å². The molecule has 0 aromatic heterocycles. The maximum absolute atomic E-state index is 12.4. The lowest BCUT2D eigenvalue weighted by molar-refractivity contribution is -0.245. The van der Waals surface area contributed by atoms with Crippen molar-refractivity contribution in [2.75, 3.05) is 40.6 Å². The lowest BCUT2D eigenvalue weighted by Crippen LogP contribution is -2.47. The minimum absolute atomic E-state index is 0.861. The molecule has 0 saturated heterocycles. The predicted molar refractivity (Wildman–Crippen MR) is 65.0 cm³/mol. The highest BCUT2D eigenvalue weighted by Crippen LogP contribution is 2.34. The minimum atomic E-state index is -4.18. The van der Waals surface area contributed by atoms with E-state index in [0.29, 0.717) is 0 Å². The molecular weight excluding hydrogens is 268 g/mol. The fourth-order valence-corrected chi connectivity index (χ4v) is 0.964. The van der Waals surface area contributed by atoms with Gasteiger partial charge < -0.3 is 14.2 Å². The first-order chi connectivity index (χ1) is 8.79. The van der Waals surface area contributed by atoms with Gasteiger partial charge in [0.15, 0.2) is 0 Å². The van der Waals surface area contributed by atoms with Crippen molar-refractivity contribution in [2.24, 2.45) is 0 Å². The van der Waals surface area contributed by atoms with Crippen molar-refractivity contribution >= 4 is 0 Å². The first-order valence-electron chi connectivity index (χ1n) is 6.10. The van der Waals surface area contributed by atoms with Gasteiger partial charge in [-0.2, -0.15) is 17.6 Å². The SMILES string of the molecule is CCCCOCC.COCC(F)(F)C(F)(F)COC. The number of alkyl halides is 4. The number of hydrogen-bond donors (Lipinski definition) is 0. The molecule has 0 aliphatic rings. The van der Waals surface area contributed by atoms with Crippen LogP contribution >= 0.6 is 0 Å². The number of methoxy groups -OCH3 is 2. The van der Waals surface area contributed by atoms with Crippen LogP contribution in [-0.4, -0.2) is 52.5 Å². The number of ether oxygens (including phenoxy) is 3. The molecule has 0 aliphatic heterocycles. The molecule has 0 unspecified atom stereocenters. The summed E-state index contributed by atoms with van der Waals surface area (Å²) in [5.41, 5.74) is 0. The Bertz CT molecular complexity index is 181. The lowest BCUT2D eigenvalue weighted by atomic mass is 10.2. The topological polar surface area (TPSA) is 27.7 Å². The molecular formula is C12H24F4O3. The van der Waals surface area contributed by atoms with Gasteiger partial charge in [0.1, 0.15) is 13.2 Å². The molecule has 0 saturated carbocycles. The Morgan fingerprint density at radius 2 is 1.26 bits per heavy atom. The molecule has 0 rings (SSSR count). The molecule has 0 N–H and O–H groups in total. The summed E-state index contributed by atoms with van der Waals surface area (Å²) in [4.78, 5) is 0. The van der Waals surface area contributed by atoms with E-state index in [4.69, 9.17) is 4.74 Å². The van der Waals surface area contributed by atoms with E-state index in [0.717, 1.165) is 27.4 Å². The van der Waals surface area contributed by atoms with E-state index < -0.39 is 25.1 Å². The fraction of sp³-hybridized carbons (Fsp3) is 1.00. The van der Waals surface area contributed by atoms with Crippen molar-refractivity contribution in [3.8, 4) is 0 Å². The van der Waals surface area contributed by atoms with Gasteiger partial charge in [0, 0.05) is 27.4 Å². The second kappa shape index (κ2) is 11.4. The molecule has 0 radical (unpaired) electrons. The van der Waals surface area contributed by atoms with Gasteiger partial charge in [-0.1, -0.05) is 13.3 Å². The molecule has 3 nitrogen and oxygen atoms in total. The Hall–Kier alpha value is -0.400. The van der Waals surface area contributed by atoms with E-state index >= 15 is 0 Å². The van der Waals surface area contributed by atoms with Crippen LogP contribution in [0.5, 0.6) is 0 Å². The van der Waals surface area contributed by atoms with E-state index in [1.54, 1.807) is 0 Å². The largest absolute Gasteiger partial charge is 0.382 e. The Morgan fingerprint density at radius 1 is 0.842 bits per heavy atom. The van der Waals surface area contributed by atoms with Crippen molar-refractivity contribution in [3.63, 3.8) is 0 Å². The monoisotopic (exact) mass is 292 g/mol. The minimum Gasteiger partial charge on any atom is -0.382 e. The fourth-order valence-electron chi connectivity index (χ4n) is 0.964. The van der Waals surface area contributed by atoms with Gasteiger partial charge in [-0.05, 0) is 13.3 Å². The van der Waals surface area contributed by atoms with Crippen LogP contribution in [0.3, 0.4) is 0 Å². The average Bonchev–Trinajstić information content (AvgIpc) is 2.30. The molecule has 118 valence electrons. The van der Waals surface area contributed by atoms with Crippen LogP contribution in [0.1, 0.15) is 26.7 Å². The number of halogens is 4. The third-order valence-corrected chi connectivity index (χ3v) is 2.03. The van der Waals surface area contributed by atoms with Crippen LogP contribution in [0.25, 0.3) is 0 Å². The Balaban J connectivity index is 0. The zero-order chi connectivity index (χ0) is 15.4.